The number of hydrogen-bond donors (Lipinski definition) is 0. The Hall–Kier alpha value is -4.54. The smallest absolute Gasteiger partial charge is 0.226 e. The van der Waals surface area contributed by atoms with Gasteiger partial charge in [0.25, 0.3) is 0 Å². The molecule has 7 aromatic rings. The number of aromatic nitrogens is 4. The molecule has 0 aliphatic carbocycles. The molecule has 4 nitrogen and oxygen atoms in total. The molecule has 2 aromatic heterocycles. The van der Waals surface area contributed by atoms with Crippen LogP contribution in [0.25, 0.3) is 61.0 Å². The Morgan fingerprint density at radius 3 is 2.08 bits per heavy atom. The van der Waals surface area contributed by atoms with Gasteiger partial charge in [0.2, 0.25) is 5.28 Å². The van der Waals surface area contributed by atoms with Crippen molar-refractivity contribution in [3.63, 3.8) is 0 Å². The molecule has 0 aliphatic heterocycles. The van der Waals surface area contributed by atoms with E-state index in [2.05, 4.69) is 93.4 Å². The third-order valence-corrected chi connectivity index (χ3v) is 6.74. The fourth-order valence-electron chi connectivity index (χ4n) is 5.05. The fourth-order valence-corrected chi connectivity index (χ4v) is 5.21. The lowest BCUT2D eigenvalue weighted by molar-refractivity contribution is 1.06. The van der Waals surface area contributed by atoms with Gasteiger partial charge in [0.1, 0.15) is 0 Å². The molecule has 0 saturated carbocycles. The van der Waals surface area contributed by atoms with Crippen molar-refractivity contribution in [3.05, 3.63) is 121 Å². The van der Waals surface area contributed by atoms with E-state index >= 15 is 0 Å². The Labute approximate surface area is 212 Å². The van der Waals surface area contributed by atoms with Crippen LogP contribution < -0.4 is 0 Å². The minimum absolute atomic E-state index is 0.170. The number of fused-ring (bicyclic) bond motifs is 5. The van der Waals surface area contributed by atoms with Crippen LogP contribution >= 0.6 is 11.6 Å². The zero-order valence-corrected chi connectivity index (χ0v) is 19.9. The standard InChI is InChI=1S/C31H19ClN4/c32-31-34-29(21-11-3-1-4-12-21)33-30(35-31)25-17-9-16-24-27-23-15-8-7-10-20(23)18-19-26(27)36(28(24)25)22-13-5-2-6-14-22/h1-19H. The van der Waals surface area contributed by atoms with Crippen molar-refractivity contribution in [3.8, 4) is 28.5 Å². The van der Waals surface area contributed by atoms with Crippen molar-refractivity contribution in [2.45, 2.75) is 0 Å². The van der Waals surface area contributed by atoms with Crippen LogP contribution in [0, 0.1) is 0 Å². The monoisotopic (exact) mass is 482 g/mol. The van der Waals surface area contributed by atoms with Crippen LogP contribution in [0.5, 0.6) is 0 Å². The molecular weight excluding hydrogens is 464 g/mol. The zero-order valence-electron chi connectivity index (χ0n) is 19.1. The first-order valence-corrected chi connectivity index (χ1v) is 12.1. The molecule has 0 aliphatic rings. The second kappa shape index (κ2) is 8.29. The van der Waals surface area contributed by atoms with Crippen molar-refractivity contribution in [2.75, 3.05) is 0 Å². The van der Waals surface area contributed by atoms with Crippen LogP contribution in [0.15, 0.2) is 115 Å². The van der Waals surface area contributed by atoms with Gasteiger partial charge in [-0.25, -0.2) is 4.98 Å². The quantitative estimate of drug-likeness (QED) is 0.255. The average Bonchev–Trinajstić information content (AvgIpc) is 3.29. The average molecular weight is 483 g/mol. The summed E-state index contributed by atoms with van der Waals surface area (Å²) in [6.07, 6.45) is 0. The Balaban J connectivity index is 1.62. The van der Waals surface area contributed by atoms with Gasteiger partial charge in [-0.2, -0.15) is 9.97 Å². The second-order valence-corrected chi connectivity index (χ2v) is 9.01. The van der Waals surface area contributed by atoms with Crippen molar-refractivity contribution in [2.24, 2.45) is 0 Å². The molecule has 170 valence electrons. The summed E-state index contributed by atoms with van der Waals surface area (Å²) in [6, 6.07) is 39.4. The molecule has 0 saturated heterocycles. The van der Waals surface area contributed by atoms with Crippen LogP contribution in [0.1, 0.15) is 0 Å². The third kappa shape index (κ3) is 3.27. The molecular formula is C31H19ClN4. The maximum Gasteiger partial charge on any atom is 0.226 e. The predicted molar refractivity (Wildman–Crippen MR) is 148 cm³/mol. The van der Waals surface area contributed by atoms with Gasteiger partial charge in [-0.15, -0.1) is 0 Å². The Bertz CT molecular complexity index is 1890. The molecule has 0 atom stereocenters. The number of halogens is 1. The number of rotatable bonds is 3. The van der Waals surface area contributed by atoms with Gasteiger partial charge in [0.05, 0.1) is 11.0 Å². The first-order valence-electron chi connectivity index (χ1n) is 11.8. The number of benzene rings is 5. The number of nitrogens with zero attached hydrogens (tertiary/aromatic N) is 4. The molecule has 7 rings (SSSR count). The summed E-state index contributed by atoms with van der Waals surface area (Å²) in [5, 5.41) is 4.93. The fraction of sp³-hybridized carbons (Fsp3) is 0. The van der Waals surface area contributed by atoms with Gasteiger partial charge < -0.3 is 4.57 Å². The van der Waals surface area contributed by atoms with Crippen molar-refractivity contribution in [1.82, 2.24) is 19.5 Å². The molecule has 0 unspecified atom stereocenters. The van der Waals surface area contributed by atoms with Crippen molar-refractivity contribution >= 4 is 44.2 Å². The molecule has 0 amide bonds. The summed E-state index contributed by atoms with van der Waals surface area (Å²) in [5.41, 5.74) is 5.04. The van der Waals surface area contributed by atoms with Crippen LogP contribution in [0.3, 0.4) is 0 Å². The maximum absolute atomic E-state index is 6.45. The molecule has 0 N–H and O–H groups in total. The largest absolute Gasteiger partial charge is 0.308 e. The highest BCUT2D eigenvalue weighted by Crippen LogP contribution is 2.40. The normalized spacial score (nSPS) is 11.5. The molecule has 5 aromatic carbocycles. The Kier molecular flexibility index (Phi) is 4.79. The molecule has 0 fully saturated rings. The summed E-state index contributed by atoms with van der Waals surface area (Å²) in [7, 11) is 0. The second-order valence-electron chi connectivity index (χ2n) is 8.67. The van der Waals surface area contributed by atoms with E-state index in [0.717, 1.165) is 33.2 Å². The van der Waals surface area contributed by atoms with Crippen LogP contribution in [-0.4, -0.2) is 19.5 Å². The lowest BCUT2D eigenvalue weighted by atomic mass is 10.0. The maximum atomic E-state index is 6.45. The Morgan fingerprint density at radius 2 is 1.25 bits per heavy atom. The van der Waals surface area contributed by atoms with E-state index in [4.69, 9.17) is 16.6 Å². The van der Waals surface area contributed by atoms with Gasteiger partial charge in [-0.3, -0.25) is 0 Å². The number of para-hydroxylation sites is 2. The molecule has 2 heterocycles. The van der Waals surface area contributed by atoms with Gasteiger partial charge in [0.15, 0.2) is 11.6 Å². The molecule has 0 bridgehead atoms. The molecule has 0 spiro atoms. The van der Waals surface area contributed by atoms with E-state index in [0.29, 0.717) is 11.6 Å². The zero-order chi connectivity index (χ0) is 24.1. The van der Waals surface area contributed by atoms with Crippen LogP contribution in [0.2, 0.25) is 5.28 Å². The highest BCUT2D eigenvalue weighted by molar-refractivity contribution is 6.28. The first-order chi connectivity index (χ1) is 17.8. The number of hydrogen-bond acceptors (Lipinski definition) is 3. The van der Waals surface area contributed by atoms with Gasteiger partial charge >= 0.3 is 0 Å². The van der Waals surface area contributed by atoms with E-state index in [9.17, 15) is 0 Å². The minimum atomic E-state index is 0.170. The SMILES string of the molecule is Clc1nc(-c2ccccc2)nc(-c2cccc3c4c5ccccc5ccc4n(-c4ccccc4)c23)n1. The first kappa shape index (κ1) is 20.8. The summed E-state index contributed by atoms with van der Waals surface area (Å²) < 4.78 is 2.30. The summed E-state index contributed by atoms with van der Waals surface area (Å²) in [4.78, 5) is 13.9. The summed E-state index contributed by atoms with van der Waals surface area (Å²) in [5.74, 6) is 1.10. The van der Waals surface area contributed by atoms with E-state index in [1.54, 1.807) is 0 Å². The van der Waals surface area contributed by atoms with Gasteiger partial charge in [0, 0.05) is 27.6 Å². The summed E-state index contributed by atoms with van der Waals surface area (Å²) >= 11 is 6.45. The highest BCUT2D eigenvalue weighted by Gasteiger charge is 2.20. The van der Waals surface area contributed by atoms with Crippen LogP contribution in [-0.2, 0) is 0 Å². The van der Waals surface area contributed by atoms with E-state index in [1.165, 1.54) is 16.2 Å². The lowest BCUT2D eigenvalue weighted by Gasteiger charge is -2.11. The molecule has 0 radical (unpaired) electrons. The van der Waals surface area contributed by atoms with Crippen LogP contribution in [0.4, 0.5) is 0 Å². The van der Waals surface area contributed by atoms with E-state index in [1.807, 2.05) is 36.4 Å². The topological polar surface area (TPSA) is 43.6 Å². The van der Waals surface area contributed by atoms with Gasteiger partial charge in [-0.05, 0) is 46.6 Å². The minimum Gasteiger partial charge on any atom is -0.308 e. The van der Waals surface area contributed by atoms with Crippen molar-refractivity contribution < 1.29 is 0 Å². The van der Waals surface area contributed by atoms with Gasteiger partial charge in [-0.1, -0.05) is 91.0 Å². The highest BCUT2D eigenvalue weighted by atomic mass is 35.5. The third-order valence-electron chi connectivity index (χ3n) is 6.57. The predicted octanol–water partition coefficient (Wildman–Crippen LogP) is 8.11. The van der Waals surface area contributed by atoms with Crippen molar-refractivity contribution in [1.29, 1.82) is 0 Å². The van der Waals surface area contributed by atoms with E-state index in [-0.39, 0.29) is 5.28 Å². The lowest BCUT2D eigenvalue weighted by Crippen LogP contribution is -2.00. The Morgan fingerprint density at radius 1 is 0.556 bits per heavy atom. The van der Waals surface area contributed by atoms with E-state index < -0.39 is 0 Å². The molecule has 5 heteroatoms. The molecule has 36 heavy (non-hydrogen) atoms. The summed E-state index contributed by atoms with van der Waals surface area (Å²) in [6.45, 7) is 0.